The molecule has 0 unspecified atom stereocenters. The number of ether oxygens (including phenoxy) is 1. The number of hydrogen-bond acceptors (Lipinski definition) is 5. The molecule has 0 aliphatic heterocycles. The summed E-state index contributed by atoms with van der Waals surface area (Å²) < 4.78 is 5.26. The number of nitrogens with one attached hydrogen (secondary N) is 1. The lowest BCUT2D eigenvalue weighted by atomic mass is 10.2. The zero-order chi connectivity index (χ0) is 16.7. The number of carbonyl (C=O) groups is 2. The molecule has 0 aromatic heterocycles. The predicted octanol–water partition coefficient (Wildman–Crippen LogP) is 1.02. The molecule has 2 aromatic carbocycles. The van der Waals surface area contributed by atoms with E-state index in [1.807, 2.05) is 0 Å². The summed E-state index contributed by atoms with van der Waals surface area (Å²) in [5.74, 6) is -0.740. The lowest BCUT2D eigenvalue weighted by Crippen LogP contribution is -2.25. The van der Waals surface area contributed by atoms with Crippen LogP contribution < -0.4 is 15.9 Å². The van der Waals surface area contributed by atoms with Crippen molar-refractivity contribution in [2.24, 2.45) is 10.8 Å². The van der Waals surface area contributed by atoms with Gasteiger partial charge in [0.05, 0.1) is 11.8 Å². The highest BCUT2D eigenvalue weighted by Crippen LogP contribution is 2.16. The molecule has 0 saturated carbocycles. The number of primary amides is 1. The van der Waals surface area contributed by atoms with Crippen molar-refractivity contribution in [3.63, 3.8) is 0 Å². The first-order chi connectivity index (χ1) is 11.1. The Kier molecular flexibility index (Phi) is 5.30. The van der Waals surface area contributed by atoms with Gasteiger partial charge < -0.3 is 15.6 Å². The maximum Gasteiger partial charge on any atom is 0.277 e. The topological polar surface area (TPSA) is 114 Å². The van der Waals surface area contributed by atoms with Gasteiger partial charge in [-0.1, -0.05) is 12.1 Å². The maximum atomic E-state index is 11.6. The minimum atomic E-state index is -0.633. The van der Waals surface area contributed by atoms with Gasteiger partial charge in [0.1, 0.15) is 11.5 Å². The van der Waals surface area contributed by atoms with E-state index in [0.717, 1.165) is 0 Å². The third-order valence-electron chi connectivity index (χ3n) is 2.81. The standard InChI is InChI=1S/C16H15N3O4/c17-16(22)13-3-1-2-4-14(13)23-10-15(21)19-18-9-11-5-7-12(20)8-6-11/h1-9,20H,10H2,(H2,17,22)(H,19,21). The summed E-state index contributed by atoms with van der Waals surface area (Å²) in [5, 5.41) is 12.9. The number of nitrogens with zero attached hydrogens (tertiary/aromatic N) is 1. The van der Waals surface area contributed by atoms with Crippen LogP contribution in [0.1, 0.15) is 15.9 Å². The number of amides is 2. The molecule has 0 bridgehead atoms. The number of phenols is 1. The average molecular weight is 313 g/mol. The van der Waals surface area contributed by atoms with E-state index in [4.69, 9.17) is 15.6 Å². The molecule has 2 rings (SSSR count). The Bertz CT molecular complexity index is 726. The number of nitrogens with two attached hydrogens (primary N) is 1. The van der Waals surface area contributed by atoms with Crippen molar-refractivity contribution in [3.8, 4) is 11.5 Å². The monoisotopic (exact) mass is 313 g/mol. The van der Waals surface area contributed by atoms with E-state index in [2.05, 4.69) is 10.5 Å². The molecule has 0 radical (unpaired) electrons. The summed E-state index contributed by atoms with van der Waals surface area (Å²) in [4.78, 5) is 22.9. The molecule has 0 aliphatic rings. The van der Waals surface area contributed by atoms with Gasteiger partial charge in [-0.2, -0.15) is 5.10 Å². The fourth-order valence-electron chi connectivity index (χ4n) is 1.71. The Hall–Kier alpha value is -3.35. The molecule has 2 amide bonds. The first kappa shape index (κ1) is 16.0. The van der Waals surface area contributed by atoms with Crippen LogP contribution in [0.5, 0.6) is 11.5 Å². The van der Waals surface area contributed by atoms with Gasteiger partial charge in [-0.3, -0.25) is 9.59 Å². The van der Waals surface area contributed by atoms with Gasteiger partial charge >= 0.3 is 0 Å². The molecule has 0 spiro atoms. The molecule has 0 fully saturated rings. The summed E-state index contributed by atoms with van der Waals surface area (Å²) in [6.45, 7) is -0.308. The Labute approximate surface area is 132 Å². The normalized spacial score (nSPS) is 10.4. The minimum absolute atomic E-state index is 0.146. The quantitative estimate of drug-likeness (QED) is 0.545. The number of carbonyl (C=O) groups excluding carboxylic acids is 2. The fourth-order valence-corrected chi connectivity index (χ4v) is 1.71. The van der Waals surface area contributed by atoms with E-state index >= 15 is 0 Å². The average Bonchev–Trinajstić information content (AvgIpc) is 2.55. The van der Waals surface area contributed by atoms with E-state index in [1.54, 1.807) is 30.3 Å². The molecule has 23 heavy (non-hydrogen) atoms. The third kappa shape index (κ3) is 4.85. The second-order valence-corrected chi connectivity index (χ2v) is 4.53. The molecular weight excluding hydrogens is 298 g/mol. The summed E-state index contributed by atoms with van der Waals surface area (Å²) in [6, 6.07) is 12.7. The van der Waals surface area contributed by atoms with Crippen molar-refractivity contribution < 1.29 is 19.4 Å². The first-order valence-corrected chi connectivity index (χ1v) is 6.69. The number of hydrazone groups is 1. The zero-order valence-corrected chi connectivity index (χ0v) is 12.1. The summed E-state index contributed by atoms with van der Waals surface area (Å²) >= 11 is 0. The molecule has 7 heteroatoms. The van der Waals surface area contributed by atoms with Crippen LogP contribution in [0.4, 0.5) is 0 Å². The number of benzene rings is 2. The molecular formula is C16H15N3O4. The zero-order valence-electron chi connectivity index (χ0n) is 12.1. The molecule has 0 heterocycles. The van der Waals surface area contributed by atoms with E-state index < -0.39 is 11.8 Å². The van der Waals surface area contributed by atoms with Gasteiger partial charge in [-0.05, 0) is 42.0 Å². The summed E-state index contributed by atoms with van der Waals surface area (Å²) in [7, 11) is 0. The van der Waals surface area contributed by atoms with Gasteiger partial charge in [0, 0.05) is 0 Å². The van der Waals surface area contributed by atoms with Crippen LogP contribution in [0.2, 0.25) is 0 Å². The number of para-hydroxylation sites is 1. The Morgan fingerprint density at radius 1 is 1.17 bits per heavy atom. The largest absolute Gasteiger partial charge is 0.508 e. The van der Waals surface area contributed by atoms with E-state index in [9.17, 15) is 9.59 Å². The fraction of sp³-hybridized carbons (Fsp3) is 0.0625. The summed E-state index contributed by atoms with van der Waals surface area (Å²) in [6.07, 6.45) is 1.43. The molecule has 0 atom stereocenters. The van der Waals surface area contributed by atoms with Gasteiger partial charge in [0.25, 0.3) is 11.8 Å². The van der Waals surface area contributed by atoms with Crippen LogP contribution >= 0.6 is 0 Å². The Morgan fingerprint density at radius 3 is 2.57 bits per heavy atom. The lowest BCUT2D eigenvalue weighted by molar-refractivity contribution is -0.123. The van der Waals surface area contributed by atoms with Crippen molar-refractivity contribution in [1.82, 2.24) is 5.43 Å². The summed E-state index contributed by atoms with van der Waals surface area (Å²) in [5.41, 5.74) is 8.42. The molecule has 7 nitrogen and oxygen atoms in total. The predicted molar refractivity (Wildman–Crippen MR) is 84.3 cm³/mol. The van der Waals surface area contributed by atoms with Crippen LogP contribution in [0, 0.1) is 0 Å². The smallest absolute Gasteiger partial charge is 0.277 e. The maximum absolute atomic E-state index is 11.6. The number of phenolic OH excluding ortho intramolecular Hbond substituents is 1. The van der Waals surface area contributed by atoms with Crippen LogP contribution in [0.15, 0.2) is 53.6 Å². The second-order valence-electron chi connectivity index (χ2n) is 4.53. The van der Waals surface area contributed by atoms with Crippen LogP contribution in [-0.4, -0.2) is 29.7 Å². The van der Waals surface area contributed by atoms with Crippen LogP contribution in [-0.2, 0) is 4.79 Å². The number of aromatic hydroxyl groups is 1. The number of hydrogen-bond donors (Lipinski definition) is 3. The lowest BCUT2D eigenvalue weighted by Gasteiger charge is -2.08. The van der Waals surface area contributed by atoms with E-state index in [0.29, 0.717) is 5.56 Å². The van der Waals surface area contributed by atoms with E-state index in [-0.39, 0.29) is 23.7 Å². The second kappa shape index (κ2) is 7.60. The van der Waals surface area contributed by atoms with Crippen LogP contribution in [0.3, 0.4) is 0 Å². The third-order valence-corrected chi connectivity index (χ3v) is 2.81. The molecule has 118 valence electrons. The SMILES string of the molecule is NC(=O)c1ccccc1OCC(=O)NN=Cc1ccc(O)cc1. The van der Waals surface area contributed by atoms with Crippen molar-refractivity contribution in [2.45, 2.75) is 0 Å². The molecule has 0 aliphatic carbocycles. The molecule has 0 saturated heterocycles. The number of rotatable bonds is 6. The highest BCUT2D eigenvalue weighted by Gasteiger charge is 2.09. The van der Waals surface area contributed by atoms with E-state index in [1.165, 1.54) is 24.4 Å². The minimum Gasteiger partial charge on any atom is -0.508 e. The van der Waals surface area contributed by atoms with Crippen molar-refractivity contribution in [3.05, 3.63) is 59.7 Å². The highest BCUT2D eigenvalue weighted by molar-refractivity contribution is 5.95. The van der Waals surface area contributed by atoms with Gasteiger partial charge in [-0.15, -0.1) is 0 Å². The molecule has 2 aromatic rings. The van der Waals surface area contributed by atoms with Gasteiger partial charge in [-0.25, -0.2) is 5.43 Å². The van der Waals surface area contributed by atoms with Gasteiger partial charge in [0.2, 0.25) is 0 Å². The molecule has 4 N–H and O–H groups in total. The Morgan fingerprint density at radius 2 is 1.87 bits per heavy atom. The van der Waals surface area contributed by atoms with Crippen LogP contribution in [0.25, 0.3) is 0 Å². The Balaban J connectivity index is 1.86. The van der Waals surface area contributed by atoms with Crippen molar-refractivity contribution in [2.75, 3.05) is 6.61 Å². The first-order valence-electron chi connectivity index (χ1n) is 6.69. The highest BCUT2D eigenvalue weighted by atomic mass is 16.5. The van der Waals surface area contributed by atoms with Crippen molar-refractivity contribution in [1.29, 1.82) is 0 Å². The van der Waals surface area contributed by atoms with Crippen molar-refractivity contribution >= 4 is 18.0 Å². The van der Waals surface area contributed by atoms with Gasteiger partial charge in [0.15, 0.2) is 6.61 Å².